The second kappa shape index (κ2) is 5.06. The molecule has 0 radical (unpaired) electrons. The fourth-order valence-corrected chi connectivity index (χ4v) is 4.02. The number of hydrogen-bond acceptors (Lipinski definition) is 3. The van der Waals surface area contributed by atoms with Crippen LogP contribution in [0.3, 0.4) is 0 Å². The van der Waals surface area contributed by atoms with Gasteiger partial charge in [0.2, 0.25) is 5.91 Å². The van der Waals surface area contributed by atoms with E-state index in [1.165, 1.54) is 0 Å². The summed E-state index contributed by atoms with van der Waals surface area (Å²) in [5, 5.41) is 3.36. The second-order valence-corrected chi connectivity index (χ2v) is 7.10. The summed E-state index contributed by atoms with van der Waals surface area (Å²) < 4.78 is 11.4. The van der Waals surface area contributed by atoms with Gasteiger partial charge in [0, 0.05) is 28.3 Å². The molecular weight excluding hydrogens is 236 g/mol. The van der Waals surface area contributed by atoms with Crippen LogP contribution in [0.5, 0.6) is 0 Å². The molecule has 0 bridgehead atoms. The minimum absolute atomic E-state index is 0.0742. The lowest BCUT2D eigenvalue weighted by molar-refractivity contribution is -0.132. The third-order valence-corrected chi connectivity index (χ3v) is 5.11. The Kier molecular flexibility index (Phi) is 3.88. The molecule has 2 heterocycles. The summed E-state index contributed by atoms with van der Waals surface area (Å²) in [5.41, 5.74) is 0. The van der Waals surface area contributed by atoms with Gasteiger partial charge in [-0.1, -0.05) is 13.8 Å². The predicted molar refractivity (Wildman–Crippen MR) is 69.0 cm³/mol. The minimum atomic E-state index is -0.661. The second-order valence-electron chi connectivity index (χ2n) is 5.40. The van der Waals surface area contributed by atoms with E-state index in [1.54, 1.807) is 0 Å². The van der Waals surface area contributed by atoms with Crippen molar-refractivity contribution in [3.63, 3.8) is 0 Å². The molecule has 5 heteroatoms. The summed E-state index contributed by atoms with van der Waals surface area (Å²) >= 11 is 0. The zero-order valence-electron chi connectivity index (χ0n) is 10.8. The van der Waals surface area contributed by atoms with Gasteiger partial charge in [-0.25, -0.2) is 0 Å². The Morgan fingerprint density at radius 2 is 1.94 bits per heavy atom. The maximum Gasteiger partial charge on any atom is 0.240 e. The largest absolute Gasteiger partial charge is 0.322 e. The summed E-state index contributed by atoms with van der Waals surface area (Å²) in [4.78, 5) is 14.2. The van der Waals surface area contributed by atoms with Gasteiger partial charge in [-0.3, -0.25) is 14.3 Å². The fraction of sp³-hybridized carbons (Fsp3) is 0.917. The van der Waals surface area contributed by atoms with Crippen LogP contribution >= 0.6 is 0 Å². The molecule has 17 heavy (non-hydrogen) atoms. The van der Waals surface area contributed by atoms with Gasteiger partial charge in [-0.15, -0.1) is 0 Å². The molecular formula is C12H22N2O2S. The molecule has 0 saturated carbocycles. The lowest BCUT2D eigenvalue weighted by Crippen LogP contribution is -2.49. The van der Waals surface area contributed by atoms with Crippen molar-refractivity contribution in [2.45, 2.75) is 51.9 Å². The van der Waals surface area contributed by atoms with Crippen molar-refractivity contribution in [2.75, 3.05) is 11.5 Å². The van der Waals surface area contributed by atoms with Crippen molar-refractivity contribution in [1.82, 2.24) is 10.2 Å². The van der Waals surface area contributed by atoms with Gasteiger partial charge >= 0.3 is 0 Å². The van der Waals surface area contributed by atoms with Gasteiger partial charge < -0.3 is 4.90 Å². The maximum atomic E-state index is 12.2. The minimum Gasteiger partial charge on any atom is -0.322 e. The zero-order chi connectivity index (χ0) is 12.6. The Labute approximate surface area is 106 Å². The SMILES string of the molecule is CC1NC(C(C)C)N(C2CCS(=O)CC2)C1=O. The van der Waals surface area contributed by atoms with Crippen LogP contribution in [0.1, 0.15) is 33.6 Å². The highest BCUT2D eigenvalue weighted by atomic mass is 32.2. The molecule has 4 nitrogen and oxygen atoms in total. The van der Waals surface area contributed by atoms with Crippen molar-refractivity contribution in [1.29, 1.82) is 0 Å². The Morgan fingerprint density at radius 3 is 2.47 bits per heavy atom. The highest BCUT2D eigenvalue weighted by molar-refractivity contribution is 7.85. The average molecular weight is 258 g/mol. The van der Waals surface area contributed by atoms with Crippen LogP contribution < -0.4 is 5.32 Å². The molecule has 0 aromatic heterocycles. The summed E-state index contributed by atoms with van der Waals surface area (Å²) in [7, 11) is -0.661. The quantitative estimate of drug-likeness (QED) is 0.793. The first-order chi connectivity index (χ1) is 8.00. The molecule has 2 fully saturated rings. The fourth-order valence-electron chi connectivity index (χ4n) is 2.75. The topological polar surface area (TPSA) is 49.4 Å². The van der Waals surface area contributed by atoms with Crippen LogP contribution in [-0.2, 0) is 15.6 Å². The van der Waals surface area contributed by atoms with E-state index < -0.39 is 10.8 Å². The van der Waals surface area contributed by atoms with Crippen LogP contribution in [0.4, 0.5) is 0 Å². The molecule has 98 valence electrons. The highest BCUT2D eigenvalue weighted by Gasteiger charge is 2.42. The number of hydrogen-bond donors (Lipinski definition) is 1. The van der Waals surface area contributed by atoms with E-state index in [1.807, 2.05) is 11.8 Å². The van der Waals surface area contributed by atoms with Crippen LogP contribution in [0.25, 0.3) is 0 Å². The Balaban J connectivity index is 2.11. The number of nitrogens with zero attached hydrogens (tertiary/aromatic N) is 1. The van der Waals surface area contributed by atoms with Crippen LogP contribution in [0, 0.1) is 5.92 Å². The van der Waals surface area contributed by atoms with E-state index in [0.29, 0.717) is 5.92 Å². The Hall–Kier alpha value is -0.420. The number of nitrogens with one attached hydrogen (secondary N) is 1. The number of carbonyl (C=O) groups excluding carboxylic acids is 1. The maximum absolute atomic E-state index is 12.2. The van der Waals surface area contributed by atoms with Crippen molar-refractivity contribution in [2.24, 2.45) is 5.92 Å². The number of amides is 1. The third-order valence-electron chi connectivity index (χ3n) is 3.73. The Bertz CT molecular complexity index is 322. The van der Waals surface area contributed by atoms with Crippen molar-refractivity contribution >= 4 is 16.7 Å². The first-order valence-electron chi connectivity index (χ1n) is 6.44. The molecule has 0 spiro atoms. The third kappa shape index (κ3) is 2.55. The molecule has 2 saturated heterocycles. The molecule has 0 aromatic carbocycles. The van der Waals surface area contributed by atoms with Gasteiger partial charge in [0.15, 0.2) is 0 Å². The molecule has 0 aromatic rings. The normalized spacial score (nSPS) is 39.1. The van der Waals surface area contributed by atoms with Gasteiger partial charge in [0.05, 0.1) is 12.2 Å². The highest BCUT2D eigenvalue weighted by Crippen LogP contribution is 2.25. The Morgan fingerprint density at radius 1 is 1.35 bits per heavy atom. The van der Waals surface area contributed by atoms with E-state index in [9.17, 15) is 9.00 Å². The van der Waals surface area contributed by atoms with Crippen molar-refractivity contribution in [3.8, 4) is 0 Å². The number of carbonyl (C=O) groups is 1. The van der Waals surface area contributed by atoms with Gasteiger partial charge in [0.25, 0.3) is 0 Å². The molecule has 2 atom stereocenters. The molecule has 2 aliphatic heterocycles. The average Bonchev–Trinajstić information content (AvgIpc) is 2.57. The molecule has 0 aliphatic carbocycles. The van der Waals surface area contributed by atoms with Crippen LogP contribution in [0.2, 0.25) is 0 Å². The summed E-state index contributed by atoms with van der Waals surface area (Å²) in [6.45, 7) is 6.20. The zero-order valence-corrected chi connectivity index (χ0v) is 11.6. The smallest absolute Gasteiger partial charge is 0.240 e. The molecule has 2 unspecified atom stereocenters. The van der Waals surface area contributed by atoms with Gasteiger partial charge in [0.1, 0.15) is 0 Å². The lowest BCUT2D eigenvalue weighted by Gasteiger charge is -2.36. The van der Waals surface area contributed by atoms with Gasteiger partial charge in [-0.05, 0) is 25.7 Å². The summed E-state index contributed by atoms with van der Waals surface area (Å²) in [6.07, 6.45) is 1.92. The summed E-state index contributed by atoms with van der Waals surface area (Å²) in [5.74, 6) is 2.11. The molecule has 2 rings (SSSR count). The van der Waals surface area contributed by atoms with Crippen LogP contribution in [0.15, 0.2) is 0 Å². The van der Waals surface area contributed by atoms with E-state index in [0.717, 1.165) is 24.3 Å². The van der Waals surface area contributed by atoms with Gasteiger partial charge in [-0.2, -0.15) is 0 Å². The molecule has 1 N–H and O–H groups in total. The standard InChI is InChI=1S/C12H22N2O2S/c1-8(2)11-13-9(3)12(15)14(11)10-4-6-17(16)7-5-10/h8-11,13H,4-7H2,1-3H3. The summed E-state index contributed by atoms with van der Waals surface area (Å²) in [6, 6.07) is 0.208. The van der Waals surface area contributed by atoms with Crippen molar-refractivity contribution < 1.29 is 9.00 Å². The van der Waals surface area contributed by atoms with E-state index >= 15 is 0 Å². The van der Waals surface area contributed by atoms with E-state index in [2.05, 4.69) is 19.2 Å². The predicted octanol–water partition coefficient (Wildman–Crippen LogP) is 0.700. The van der Waals surface area contributed by atoms with Crippen LogP contribution in [-0.4, -0.2) is 44.8 Å². The van der Waals surface area contributed by atoms with Crippen molar-refractivity contribution in [3.05, 3.63) is 0 Å². The van der Waals surface area contributed by atoms with E-state index in [-0.39, 0.29) is 24.2 Å². The lowest BCUT2D eigenvalue weighted by atomic mass is 10.1. The monoisotopic (exact) mass is 258 g/mol. The first-order valence-corrected chi connectivity index (χ1v) is 7.92. The van der Waals surface area contributed by atoms with E-state index in [4.69, 9.17) is 0 Å². The molecule has 1 amide bonds. The number of rotatable bonds is 2. The molecule has 2 aliphatic rings. The first kappa shape index (κ1) is 13.0.